The van der Waals surface area contributed by atoms with Crippen LogP contribution in [0.1, 0.15) is 55.6 Å². The van der Waals surface area contributed by atoms with Crippen LogP contribution >= 0.6 is 15.9 Å². The van der Waals surface area contributed by atoms with Gasteiger partial charge in [0.1, 0.15) is 5.60 Å². The molecular formula is C21H29BrF3N3O4. The Kier molecular flexibility index (Phi) is 8.09. The Morgan fingerprint density at radius 3 is 2.47 bits per heavy atom. The summed E-state index contributed by atoms with van der Waals surface area (Å²) in [6, 6.07) is 0.544. The number of anilines is 1. The van der Waals surface area contributed by atoms with Crippen LogP contribution in [0, 0.1) is 0 Å². The van der Waals surface area contributed by atoms with Crippen molar-refractivity contribution in [2.24, 2.45) is 0 Å². The van der Waals surface area contributed by atoms with Crippen molar-refractivity contribution >= 4 is 33.7 Å². The van der Waals surface area contributed by atoms with Gasteiger partial charge in [0.15, 0.2) is 0 Å². The van der Waals surface area contributed by atoms with Gasteiger partial charge in [-0.3, -0.25) is 4.90 Å². The summed E-state index contributed by atoms with van der Waals surface area (Å²) >= 11 is 3.16. The molecule has 11 heteroatoms. The monoisotopic (exact) mass is 523 g/mol. The molecule has 0 bridgehead atoms. The smallest absolute Gasteiger partial charge is 0.416 e. The number of carbonyl (C=O) groups excluding carboxylic acids is 2. The van der Waals surface area contributed by atoms with Gasteiger partial charge in [-0.1, -0.05) is 0 Å². The number of hydrogen-bond donors (Lipinski definition) is 1. The van der Waals surface area contributed by atoms with Crippen molar-refractivity contribution in [2.75, 3.05) is 32.5 Å². The minimum absolute atomic E-state index is 0.0132. The summed E-state index contributed by atoms with van der Waals surface area (Å²) in [7, 11) is 1.62. The first-order valence-electron chi connectivity index (χ1n) is 10.2. The fourth-order valence-corrected chi connectivity index (χ4v) is 4.02. The number of nitrogen functional groups attached to an aromatic ring is 1. The summed E-state index contributed by atoms with van der Waals surface area (Å²) in [5.41, 5.74) is 3.87. The van der Waals surface area contributed by atoms with Gasteiger partial charge in [0.2, 0.25) is 0 Å². The molecule has 1 saturated heterocycles. The molecule has 7 nitrogen and oxygen atoms in total. The van der Waals surface area contributed by atoms with Crippen LogP contribution in [0.3, 0.4) is 0 Å². The minimum atomic E-state index is -4.70. The molecule has 2 N–H and O–H groups in total. The van der Waals surface area contributed by atoms with Gasteiger partial charge in [-0.25, -0.2) is 9.59 Å². The van der Waals surface area contributed by atoms with E-state index < -0.39 is 29.4 Å². The molecule has 0 saturated carbocycles. The van der Waals surface area contributed by atoms with Crippen LogP contribution in [0.4, 0.5) is 23.7 Å². The summed E-state index contributed by atoms with van der Waals surface area (Å²) in [5, 5.41) is 0. The first-order chi connectivity index (χ1) is 14.7. The molecule has 1 aliphatic rings. The lowest BCUT2D eigenvalue weighted by atomic mass is 10.0. The molecule has 1 aromatic carbocycles. The summed E-state index contributed by atoms with van der Waals surface area (Å²) in [4.78, 5) is 27.7. The second kappa shape index (κ2) is 9.86. The van der Waals surface area contributed by atoms with Gasteiger partial charge in [-0.05, 0) is 61.7 Å². The largest absolute Gasteiger partial charge is 0.462 e. The van der Waals surface area contributed by atoms with E-state index in [1.54, 1.807) is 34.7 Å². The maximum Gasteiger partial charge on any atom is 0.416 e. The lowest BCUT2D eigenvalue weighted by Crippen LogP contribution is -2.42. The molecule has 1 aliphatic heterocycles. The van der Waals surface area contributed by atoms with Crippen molar-refractivity contribution < 1.29 is 32.2 Å². The van der Waals surface area contributed by atoms with Gasteiger partial charge in [0.25, 0.3) is 0 Å². The normalized spacial score (nSPS) is 17.3. The number of carbonyl (C=O) groups is 2. The van der Waals surface area contributed by atoms with E-state index in [1.807, 2.05) is 4.90 Å². The van der Waals surface area contributed by atoms with E-state index in [4.69, 9.17) is 15.2 Å². The molecule has 0 aliphatic carbocycles. The van der Waals surface area contributed by atoms with Crippen LogP contribution in [0.2, 0.25) is 0 Å². The third-order valence-corrected chi connectivity index (χ3v) is 5.97. The number of rotatable bonds is 5. The molecule has 0 spiro atoms. The Bertz CT molecular complexity index is 871. The number of likely N-dealkylation sites (N-methyl/N-ethyl adjacent to an activating group) is 1. The van der Waals surface area contributed by atoms with Crippen molar-refractivity contribution in [1.29, 1.82) is 0 Å². The van der Waals surface area contributed by atoms with E-state index in [0.717, 1.165) is 6.07 Å². The molecule has 1 heterocycles. The number of nitrogens with two attached hydrogens (primary N) is 1. The van der Waals surface area contributed by atoms with Gasteiger partial charge >= 0.3 is 18.2 Å². The van der Waals surface area contributed by atoms with Crippen LogP contribution in [0.25, 0.3) is 0 Å². The fraction of sp³-hybridized carbons (Fsp3) is 0.619. The molecule has 1 amide bonds. The highest BCUT2D eigenvalue weighted by Gasteiger charge is 2.38. The number of alkyl halides is 3. The topological polar surface area (TPSA) is 85.1 Å². The summed E-state index contributed by atoms with van der Waals surface area (Å²) < 4.78 is 51.7. The third-order valence-electron chi connectivity index (χ3n) is 5.06. The Labute approximate surface area is 194 Å². The minimum Gasteiger partial charge on any atom is -0.462 e. The van der Waals surface area contributed by atoms with E-state index >= 15 is 0 Å². The van der Waals surface area contributed by atoms with E-state index in [1.165, 1.54) is 4.90 Å². The van der Waals surface area contributed by atoms with Crippen LogP contribution in [-0.4, -0.2) is 60.2 Å². The van der Waals surface area contributed by atoms with Crippen molar-refractivity contribution in [2.45, 2.75) is 58.5 Å². The van der Waals surface area contributed by atoms with Crippen LogP contribution in [-0.2, 0) is 22.2 Å². The first-order valence-corrected chi connectivity index (χ1v) is 11.0. The molecular weight excluding hydrogens is 495 g/mol. The molecule has 1 atom stereocenters. The lowest BCUT2D eigenvalue weighted by Gasteiger charge is -2.29. The first kappa shape index (κ1) is 26.2. The second-order valence-corrected chi connectivity index (χ2v) is 9.46. The molecule has 2 rings (SSSR count). The Balaban J connectivity index is 2.27. The predicted octanol–water partition coefficient (Wildman–Crippen LogP) is 4.67. The number of hydrogen-bond acceptors (Lipinski definition) is 6. The maximum atomic E-state index is 13.8. The van der Waals surface area contributed by atoms with Gasteiger partial charge in [-0.2, -0.15) is 13.2 Å². The van der Waals surface area contributed by atoms with Crippen molar-refractivity contribution in [3.63, 3.8) is 0 Å². The predicted molar refractivity (Wildman–Crippen MR) is 117 cm³/mol. The number of benzene rings is 1. The zero-order valence-corrected chi connectivity index (χ0v) is 20.4. The molecule has 1 fully saturated rings. The summed E-state index contributed by atoms with van der Waals surface area (Å²) in [6.45, 7) is 7.67. The summed E-state index contributed by atoms with van der Waals surface area (Å²) in [6.07, 6.45) is -4.59. The molecule has 0 aromatic heterocycles. The average Bonchev–Trinajstić information content (AvgIpc) is 3.11. The van der Waals surface area contributed by atoms with Crippen molar-refractivity contribution in [3.8, 4) is 0 Å². The van der Waals surface area contributed by atoms with Crippen LogP contribution in [0.5, 0.6) is 0 Å². The van der Waals surface area contributed by atoms with Crippen LogP contribution < -0.4 is 5.73 Å². The van der Waals surface area contributed by atoms with E-state index in [9.17, 15) is 22.8 Å². The lowest BCUT2D eigenvalue weighted by molar-refractivity contribution is -0.138. The number of amides is 1. The van der Waals surface area contributed by atoms with Gasteiger partial charge in [0, 0.05) is 37.2 Å². The number of halogens is 4. The zero-order valence-electron chi connectivity index (χ0n) is 18.8. The molecule has 1 unspecified atom stereocenters. The third kappa shape index (κ3) is 6.28. The van der Waals surface area contributed by atoms with Crippen molar-refractivity contribution in [1.82, 2.24) is 9.80 Å². The number of ether oxygens (including phenoxy) is 2. The van der Waals surface area contributed by atoms with Crippen LogP contribution in [0.15, 0.2) is 10.5 Å². The maximum absolute atomic E-state index is 13.8. The second-order valence-electron chi connectivity index (χ2n) is 8.66. The van der Waals surface area contributed by atoms with E-state index in [2.05, 4.69) is 15.9 Å². The van der Waals surface area contributed by atoms with Gasteiger partial charge in [-0.15, -0.1) is 0 Å². The summed E-state index contributed by atoms with van der Waals surface area (Å²) in [5.74, 6) is -0.914. The molecule has 32 heavy (non-hydrogen) atoms. The fourth-order valence-electron chi connectivity index (χ4n) is 3.47. The number of esters is 1. The highest BCUT2D eigenvalue weighted by atomic mass is 79.9. The zero-order chi connectivity index (χ0) is 24.4. The molecule has 0 radical (unpaired) electrons. The quantitative estimate of drug-likeness (QED) is 0.446. The Morgan fingerprint density at radius 2 is 1.94 bits per heavy atom. The van der Waals surface area contributed by atoms with Crippen molar-refractivity contribution in [3.05, 3.63) is 27.2 Å². The molecule has 1 aromatic rings. The number of likely N-dealkylation sites (tertiary alicyclic amines) is 1. The standard InChI is InChI=1S/C21H29BrF3N3O4/c1-6-31-18(29)13-9-15(21(23,24)25)14(16(22)17(13)26)11-28-8-7-12(10-28)27(5)19(30)32-20(2,3)4/h9,12H,6-8,10-11,26H2,1-5H3. The van der Waals surface area contributed by atoms with E-state index in [0.29, 0.717) is 19.5 Å². The highest BCUT2D eigenvalue weighted by Crippen LogP contribution is 2.41. The van der Waals surface area contributed by atoms with E-state index in [-0.39, 0.29) is 40.5 Å². The average molecular weight is 524 g/mol. The number of nitrogens with zero attached hydrogens (tertiary/aromatic N) is 2. The Morgan fingerprint density at radius 1 is 1.31 bits per heavy atom. The SMILES string of the molecule is CCOC(=O)c1cc(C(F)(F)F)c(CN2CCC(N(C)C(=O)OC(C)(C)C)C2)c(Br)c1N. The Hall–Kier alpha value is -2.01. The molecule has 180 valence electrons. The van der Waals surface area contributed by atoms with Gasteiger partial charge < -0.3 is 20.1 Å². The highest BCUT2D eigenvalue weighted by molar-refractivity contribution is 9.10. The van der Waals surface area contributed by atoms with Gasteiger partial charge in [0.05, 0.1) is 23.4 Å².